The Bertz CT molecular complexity index is 1010. The maximum absolute atomic E-state index is 12.9. The lowest BCUT2D eigenvalue weighted by Crippen LogP contribution is -2.33. The number of rotatable bonds is 5. The molecule has 1 N–H and O–H groups in total. The first-order chi connectivity index (χ1) is 12.4. The number of aryl methyl sites for hydroxylation is 2. The normalized spacial score (nSPS) is 12.2. The molecule has 6 nitrogen and oxygen atoms in total. The number of hydrogen-bond donors (Lipinski definition) is 1. The van der Waals surface area contributed by atoms with Gasteiger partial charge in [-0.25, -0.2) is 4.98 Å². The van der Waals surface area contributed by atoms with Crippen LogP contribution >= 0.6 is 11.3 Å². The van der Waals surface area contributed by atoms with Gasteiger partial charge in [-0.05, 0) is 50.6 Å². The SMILES string of the molecule is CCc1cc2c(=O)n(C(C)C(=O)Nc3ccc(OC)cc3)c(C)nc2s1. The lowest BCUT2D eigenvalue weighted by Gasteiger charge is -2.17. The van der Waals surface area contributed by atoms with Crippen LogP contribution in [-0.4, -0.2) is 22.6 Å². The molecule has 136 valence electrons. The molecule has 1 atom stereocenters. The fourth-order valence-electron chi connectivity index (χ4n) is 2.81. The van der Waals surface area contributed by atoms with Crippen LogP contribution in [0, 0.1) is 6.92 Å². The Morgan fingerprint density at radius 3 is 2.65 bits per heavy atom. The van der Waals surface area contributed by atoms with Crippen LogP contribution < -0.4 is 15.6 Å². The summed E-state index contributed by atoms with van der Waals surface area (Å²) < 4.78 is 6.56. The molecule has 3 rings (SSSR count). The average molecular weight is 371 g/mol. The molecule has 0 aliphatic heterocycles. The van der Waals surface area contributed by atoms with Gasteiger partial charge >= 0.3 is 0 Å². The number of carbonyl (C=O) groups is 1. The maximum atomic E-state index is 12.9. The van der Waals surface area contributed by atoms with Crippen molar-refractivity contribution in [1.29, 1.82) is 0 Å². The van der Waals surface area contributed by atoms with Gasteiger partial charge in [-0.2, -0.15) is 0 Å². The van der Waals surface area contributed by atoms with E-state index in [9.17, 15) is 9.59 Å². The number of amides is 1. The Morgan fingerprint density at radius 2 is 2.04 bits per heavy atom. The highest BCUT2D eigenvalue weighted by molar-refractivity contribution is 7.18. The summed E-state index contributed by atoms with van der Waals surface area (Å²) in [6.07, 6.45) is 0.854. The number of nitrogens with zero attached hydrogens (tertiary/aromatic N) is 2. The molecule has 0 radical (unpaired) electrons. The van der Waals surface area contributed by atoms with Crippen molar-refractivity contribution < 1.29 is 9.53 Å². The van der Waals surface area contributed by atoms with Crippen molar-refractivity contribution in [3.8, 4) is 5.75 Å². The highest BCUT2D eigenvalue weighted by Crippen LogP contribution is 2.23. The first kappa shape index (κ1) is 18.1. The zero-order valence-electron chi connectivity index (χ0n) is 15.2. The third-order valence-electron chi connectivity index (χ3n) is 4.30. The Hall–Kier alpha value is -2.67. The fraction of sp³-hybridized carbons (Fsp3) is 0.316. The van der Waals surface area contributed by atoms with E-state index in [0.29, 0.717) is 22.6 Å². The molecule has 0 spiro atoms. The van der Waals surface area contributed by atoms with Crippen LogP contribution in [0.1, 0.15) is 30.6 Å². The van der Waals surface area contributed by atoms with Gasteiger partial charge in [0, 0.05) is 10.6 Å². The Labute approximate surface area is 155 Å². The van der Waals surface area contributed by atoms with Gasteiger partial charge < -0.3 is 10.1 Å². The third-order valence-corrected chi connectivity index (χ3v) is 5.47. The number of ether oxygens (including phenoxy) is 1. The van der Waals surface area contributed by atoms with Crippen LogP contribution in [0.3, 0.4) is 0 Å². The van der Waals surface area contributed by atoms with Gasteiger partial charge in [0.05, 0.1) is 12.5 Å². The molecule has 0 saturated heterocycles. The number of thiophene rings is 1. The highest BCUT2D eigenvalue weighted by Gasteiger charge is 2.21. The first-order valence-corrected chi connectivity index (χ1v) is 9.22. The molecule has 0 aliphatic rings. The number of methoxy groups -OCH3 is 1. The van der Waals surface area contributed by atoms with Crippen LogP contribution in [-0.2, 0) is 11.2 Å². The number of carbonyl (C=O) groups excluding carboxylic acids is 1. The number of anilines is 1. The lowest BCUT2D eigenvalue weighted by molar-refractivity contribution is -0.118. The molecule has 0 bridgehead atoms. The van der Waals surface area contributed by atoms with Gasteiger partial charge in [0.25, 0.3) is 5.56 Å². The summed E-state index contributed by atoms with van der Waals surface area (Å²) in [7, 11) is 1.59. The van der Waals surface area contributed by atoms with E-state index in [1.54, 1.807) is 45.2 Å². The predicted molar refractivity (Wildman–Crippen MR) is 104 cm³/mol. The van der Waals surface area contributed by atoms with E-state index < -0.39 is 6.04 Å². The van der Waals surface area contributed by atoms with Crippen molar-refractivity contribution in [2.24, 2.45) is 0 Å². The zero-order valence-corrected chi connectivity index (χ0v) is 16.0. The van der Waals surface area contributed by atoms with Gasteiger partial charge in [0.15, 0.2) is 0 Å². The first-order valence-electron chi connectivity index (χ1n) is 8.41. The molecule has 1 aromatic carbocycles. The Balaban J connectivity index is 1.91. The minimum Gasteiger partial charge on any atom is -0.497 e. The van der Waals surface area contributed by atoms with Crippen LogP contribution in [0.4, 0.5) is 5.69 Å². The highest BCUT2D eigenvalue weighted by atomic mass is 32.1. The lowest BCUT2D eigenvalue weighted by atomic mass is 10.2. The van der Waals surface area contributed by atoms with Gasteiger partial charge in [0.2, 0.25) is 5.91 Å². The van der Waals surface area contributed by atoms with Crippen LogP contribution in [0.15, 0.2) is 35.1 Å². The summed E-state index contributed by atoms with van der Waals surface area (Å²) in [6.45, 7) is 5.50. The summed E-state index contributed by atoms with van der Waals surface area (Å²) in [5.74, 6) is 0.971. The standard InChI is InChI=1S/C19H21N3O3S/c1-5-15-10-16-18(26-15)20-12(3)22(19(16)24)11(2)17(23)21-13-6-8-14(25-4)9-7-13/h6-11H,5H2,1-4H3,(H,21,23). The Morgan fingerprint density at radius 1 is 1.35 bits per heavy atom. The van der Waals surface area contributed by atoms with E-state index in [2.05, 4.69) is 10.3 Å². The number of fused-ring (bicyclic) bond motifs is 1. The maximum Gasteiger partial charge on any atom is 0.263 e. The van der Waals surface area contributed by atoms with Crippen LogP contribution in [0.2, 0.25) is 0 Å². The van der Waals surface area contributed by atoms with Crippen molar-refractivity contribution in [3.05, 3.63) is 51.4 Å². The average Bonchev–Trinajstić information content (AvgIpc) is 3.05. The largest absolute Gasteiger partial charge is 0.497 e. The monoisotopic (exact) mass is 371 g/mol. The molecule has 1 amide bonds. The number of benzene rings is 1. The predicted octanol–water partition coefficient (Wildman–Crippen LogP) is 3.54. The molecule has 1 unspecified atom stereocenters. The number of aromatic nitrogens is 2. The topological polar surface area (TPSA) is 73.2 Å². The zero-order chi connectivity index (χ0) is 18.8. The van der Waals surface area contributed by atoms with E-state index >= 15 is 0 Å². The van der Waals surface area contributed by atoms with Crippen LogP contribution in [0.5, 0.6) is 5.75 Å². The Kier molecular flexibility index (Phi) is 5.08. The van der Waals surface area contributed by atoms with E-state index in [4.69, 9.17) is 4.74 Å². The summed E-state index contributed by atoms with van der Waals surface area (Å²) in [5.41, 5.74) is 0.465. The van der Waals surface area contributed by atoms with Crippen molar-refractivity contribution in [3.63, 3.8) is 0 Å². The third kappa shape index (κ3) is 3.35. The molecule has 0 saturated carbocycles. The smallest absolute Gasteiger partial charge is 0.263 e. The summed E-state index contributed by atoms with van der Waals surface area (Å²) in [6, 6.07) is 8.25. The van der Waals surface area contributed by atoms with Crippen molar-refractivity contribution >= 4 is 33.1 Å². The van der Waals surface area contributed by atoms with Crippen molar-refractivity contribution in [2.75, 3.05) is 12.4 Å². The molecular weight excluding hydrogens is 350 g/mol. The van der Waals surface area contributed by atoms with Crippen molar-refractivity contribution in [1.82, 2.24) is 9.55 Å². The minimum absolute atomic E-state index is 0.180. The van der Waals surface area contributed by atoms with Gasteiger partial charge in [-0.3, -0.25) is 14.2 Å². The van der Waals surface area contributed by atoms with Gasteiger partial charge in [-0.1, -0.05) is 6.92 Å². The van der Waals surface area contributed by atoms with Crippen LogP contribution in [0.25, 0.3) is 10.2 Å². The molecule has 2 aromatic heterocycles. The van der Waals surface area contributed by atoms with Gasteiger partial charge in [0.1, 0.15) is 22.4 Å². The molecule has 2 heterocycles. The summed E-state index contributed by atoms with van der Waals surface area (Å²) in [5, 5.41) is 3.40. The van der Waals surface area contributed by atoms with E-state index in [0.717, 1.165) is 16.1 Å². The second-order valence-corrected chi connectivity index (χ2v) is 7.13. The minimum atomic E-state index is -0.675. The molecule has 0 fully saturated rings. The molecule has 3 aromatic rings. The molecule has 7 heteroatoms. The number of hydrogen-bond acceptors (Lipinski definition) is 5. The second kappa shape index (κ2) is 7.29. The second-order valence-electron chi connectivity index (χ2n) is 6.01. The quantitative estimate of drug-likeness (QED) is 0.744. The van der Waals surface area contributed by atoms with E-state index in [1.807, 2.05) is 13.0 Å². The van der Waals surface area contributed by atoms with E-state index in [-0.39, 0.29) is 11.5 Å². The molecule has 0 aliphatic carbocycles. The molecular formula is C19H21N3O3S. The van der Waals surface area contributed by atoms with Crippen molar-refractivity contribution in [2.45, 2.75) is 33.2 Å². The molecule has 26 heavy (non-hydrogen) atoms. The number of nitrogens with one attached hydrogen (secondary N) is 1. The fourth-order valence-corrected chi connectivity index (χ4v) is 3.82. The summed E-state index contributed by atoms with van der Waals surface area (Å²) in [4.78, 5) is 31.9. The summed E-state index contributed by atoms with van der Waals surface area (Å²) >= 11 is 1.52. The van der Waals surface area contributed by atoms with E-state index in [1.165, 1.54) is 15.9 Å². The van der Waals surface area contributed by atoms with Gasteiger partial charge in [-0.15, -0.1) is 11.3 Å².